The molecule has 0 spiro atoms. The quantitative estimate of drug-likeness (QED) is 0.402. The number of likely N-dealkylation sites (tertiary alicyclic amines) is 1. The van der Waals surface area contributed by atoms with Crippen LogP contribution >= 0.6 is 0 Å². The maximum atomic E-state index is 13.8. The van der Waals surface area contributed by atoms with Crippen molar-refractivity contribution in [2.24, 2.45) is 11.8 Å². The first-order valence-electron chi connectivity index (χ1n) is 15.4. The number of sulfone groups is 1. The molecule has 0 N–H and O–H groups in total. The molecule has 0 atom stereocenters. The zero-order valence-corrected chi connectivity index (χ0v) is 26.6. The van der Waals surface area contributed by atoms with Gasteiger partial charge in [0.25, 0.3) is 0 Å². The van der Waals surface area contributed by atoms with Crippen molar-refractivity contribution >= 4 is 31.5 Å². The van der Waals surface area contributed by atoms with E-state index in [9.17, 15) is 21.6 Å². The molecule has 1 aliphatic carbocycles. The van der Waals surface area contributed by atoms with Crippen LogP contribution in [-0.4, -0.2) is 83.7 Å². The van der Waals surface area contributed by atoms with Gasteiger partial charge in [-0.1, -0.05) is 18.2 Å². The Morgan fingerprint density at radius 3 is 2.17 bits per heavy atom. The summed E-state index contributed by atoms with van der Waals surface area (Å²) in [6.45, 7) is 4.48. The number of nitrogens with zero attached hydrogens (tertiary/aromatic N) is 3. The van der Waals surface area contributed by atoms with Crippen molar-refractivity contribution in [3.8, 4) is 0 Å². The number of anilines is 1. The molecule has 2 aromatic rings. The van der Waals surface area contributed by atoms with Crippen molar-refractivity contribution in [1.82, 2.24) is 9.21 Å². The Morgan fingerprint density at radius 2 is 1.52 bits per heavy atom. The molecule has 0 bridgehead atoms. The maximum absolute atomic E-state index is 13.8. The van der Waals surface area contributed by atoms with Crippen molar-refractivity contribution in [2.75, 3.05) is 56.7 Å². The summed E-state index contributed by atoms with van der Waals surface area (Å²) >= 11 is 0. The van der Waals surface area contributed by atoms with Crippen molar-refractivity contribution in [3.63, 3.8) is 0 Å². The molecule has 0 radical (unpaired) electrons. The molecule has 2 saturated heterocycles. The van der Waals surface area contributed by atoms with Crippen LogP contribution in [0, 0.1) is 11.8 Å². The predicted molar refractivity (Wildman–Crippen MR) is 167 cm³/mol. The van der Waals surface area contributed by atoms with Crippen molar-refractivity contribution in [2.45, 2.75) is 62.7 Å². The number of benzene rings is 2. The third-order valence-electron chi connectivity index (χ3n) is 9.37. The first kappa shape index (κ1) is 31.2. The minimum atomic E-state index is -3.23. The zero-order chi connectivity index (χ0) is 29.9. The van der Waals surface area contributed by atoms with E-state index < -0.39 is 19.9 Å². The van der Waals surface area contributed by atoms with Crippen molar-refractivity contribution in [3.05, 3.63) is 59.2 Å². The Hall–Kier alpha value is -2.27. The first-order valence-corrected chi connectivity index (χ1v) is 19.1. The molecule has 1 amide bonds. The maximum Gasteiger partial charge on any atom is 0.230 e. The Kier molecular flexibility index (Phi) is 9.76. The summed E-state index contributed by atoms with van der Waals surface area (Å²) in [5.41, 5.74) is 4.91. The average molecular weight is 616 g/mol. The van der Waals surface area contributed by atoms with Crippen LogP contribution in [0.3, 0.4) is 0 Å². The lowest BCUT2D eigenvalue weighted by molar-refractivity contribution is -0.123. The molecule has 10 heteroatoms. The van der Waals surface area contributed by atoms with E-state index in [0.29, 0.717) is 43.3 Å². The molecule has 230 valence electrons. The number of hydrogen-bond acceptors (Lipinski definition) is 6. The highest BCUT2D eigenvalue weighted by atomic mass is 32.2. The van der Waals surface area contributed by atoms with Gasteiger partial charge >= 0.3 is 0 Å². The van der Waals surface area contributed by atoms with E-state index in [2.05, 4.69) is 23.1 Å². The van der Waals surface area contributed by atoms with Crippen LogP contribution in [0.15, 0.2) is 47.4 Å². The average Bonchev–Trinajstić information content (AvgIpc) is 3.43. The smallest absolute Gasteiger partial charge is 0.230 e. The van der Waals surface area contributed by atoms with E-state index in [-0.39, 0.29) is 11.8 Å². The zero-order valence-electron chi connectivity index (χ0n) is 25.0. The number of amides is 1. The van der Waals surface area contributed by atoms with E-state index in [1.54, 1.807) is 12.1 Å². The Morgan fingerprint density at radius 1 is 0.857 bits per heavy atom. The molecule has 0 saturated carbocycles. The van der Waals surface area contributed by atoms with Gasteiger partial charge in [0.1, 0.15) is 0 Å². The number of carbonyl (C=O) groups excluding carboxylic acids is 1. The summed E-state index contributed by atoms with van der Waals surface area (Å²) in [5, 5.41) is 0. The van der Waals surface area contributed by atoms with E-state index >= 15 is 0 Å². The fourth-order valence-corrected chi connectivity index (χ4v) is 8.32. The molecule has 2 aliphatic heterocycles. The fourth-order valence-electron chi connectivity index (χ4n) is 6.82. The lowest BCUT2D eigenvalue weighted by atomic mass is 9.90. The molecular weight excluding hydrogens is 571 g/mol. The number of rotatable bonds is 10. The van der Waals surface area contributed by atoms with Gasteiger partial charge in [0, 0.05) is 37.5 Å². The van der Waals surface area contributed by atoms with Crippen LogP contribution in [0.5, 0.6) is 0 Å². The summed E-state index contributed by atoms with van der Waals surface area (Å²) in [6, 6.07) is 13.8. The molecule has 2 aromatic carbocycles. The fraction of sp³-hybridized carbons (Fsp3) is 0.594. The lowest BCUT2D eigenvalue weighted by Crippen LogP contribution is -2.45. The monoisotopic (exact) mass is 615 g/mol. The van der Waals surface area contributed by atoms with Crippen LogP contribution in [0.4, 0.5) is 5.69 Å². The second kappa shape index (κ2) is 13.2. The molecule has 5 rings (SSSR count). The molecule has 0 unspecified atom stereocenters. The van der Waals surface area contributed by atoms with Gasteiger partial charge in [0.2, 0.25) is 15.9 Å². The molecule has 0 aromatic heterocycles. The second-order valence-corrected chi connectivity index (χ2v) is 16.5. The number of carbonyl (C=O) groups is 1. The van der Waals surface area contributed by atoms with Gasteiger partial charge in [-0.15, -0.1) is 0 Å². The summed E-state index contributed by atoms with van der Waals surface area (Å²) in [4.78, 5) is 18.7. The standard InChI is InChI=1S/C32H45N3O5S2/c1-41(37,38)31-11-7-25(8-12-31)23-26-13-19-33(20-14-26)17-4-18-35(30-10-9-27-5-3-6-29(27)24-30)32(36)28-15-21-34(22-16-28)42(2,39)40/h7-12,24,26,28H,3-6,13-23H2,1-2H3. The first-order chi connectivity index (χ1) is 20.0. The van der Waals surface area contributed by atoms with Crippen LogP contribution < -0.4 is 4.90 Å². The van der Waals surface area contributed by atoms with Gasteiger partial charge in [-0.25, -0.2) is 21.1 Å². The molecule has 3 aliphatic rings. The van der Waals surface area contributed by atoms with E-state index in [0.717, 1.165) is 63.8 Å². The minimum absolute atomic E-state index is 0.127. The molecule has 2 heterocycles. The van der Waals surface area contributed by atoms with Gasteiger partial charge in [0.05, 0.1) is 11.2 Å². The van der Waals surface area contributed by atoms with Crippen molar-refractivity contribution in [1.29, 1.82) is 0 Å². The van der Waals surface area contributed by atoms with E-state index in [4.69, 9.17) is 0 Å². The van der Waals surface area contributed by atoms with Gasteiger partial charge in [-0.05, 0) is 124 Å². The molecule has 8 nitrogen and oxygen atoms in total. The van der Waals surface area contributed by atoms with Gasteiger partial charge in [0.15, 0.2) is 9.84 Å². The normalized spacial score (nSPS) is 19.6. The summed E-state index contributed by atoms with van der Waals surface area (Å²) in [7, 11) is -6.40. The molecule has 2 fully saturated rings. The SMILES string of the molecule is CS(=O)(=O)c1ccc(CC2CCN(CCCN(C(=O)C3CCN(S(C)(=O)=O)CC3)c3ccc4c(c3)CCC4)CC2)cc1. The molecular formula is C32H45N3O5S2. The summed E-state index contributed by atoms with van der Waals surface area (Å²) < 4.78 is 48.9. The topological polar surface area (TPSA) is 95.1 Å². The van der Waals surface area contributed by atoms with Gasteiger partial charge in [-0.2, -0.15) is 0 Å². The Balaban J connectivity index is 1.15. The Labute approximate surface area is 252 Å². The van der Waals surface area contributed by atoms with Crippen LogP contribution in [0.25, 0.3) is 0 Å². The van der Waals surface area contributed by atoms with E-state index in [1.165, 1.54) is 39.9 Å². The number of aryl methyl sites for hydroxylation is 2. The Bertz CT molecular complexity index is 1460. The van der Waals surface area contributed by atoms with Gasteiger partial charge in [-0.3, -0.25) is 4.79 Å². The highest BCUT2D eigenvalue weighted by molar-refractivity contribution is 7.90. The highest BCUT2D eigenvalue weighted by Crippen LogP contribution is 2.30. The highest BCUT2D eigenvalue weighted by Gasteiger charge is 2.32. The van der Waals surface area contributed by atoms with Gasteiger partial charge < -0.3 is 9.80 Å². The number of fused-ring (bicyclic) bond motifs is 1. The van der Waals surface area contributed by atoms with Crippen LogP contribution in [-0.2, 0) is 43.9 Å². The second-order valence-electron chi connectivity index (χ2n) is 12.5. The van der Waals surface area contributed by atoms with Crippen LogP contribution in [0.2, 0.25) is 0 Å². The molecule has 42 heavy (non-hydrogen) atoms. The van der Waals surface area contributed by atoms with Crippen molar-refractivity contribution < 1.29 is 21.6 Å². The minimum Gasteiger partial charge on any atom is -0.312 e. The number of hydrogen-bond donors (Lipinski definition) is 0. The third-order valence-corrected chi connectivity index (χ3v) is 11.8. The predicted octanol–water partition coefficient (Wildman–Crippen LogP) is 3.93. The van der Waals surface area contributed by atoms with Crippen LogP contribution in [0.1, 0.15) is 55.2 Å². The summed E-state index contributed by atoms with van der Waals surface area (Å²) in [6.07, 6.45) is 11.0. The third kappa shape index (κ3) is 7.81. The summed E-state index contributed by atoms with van der Waals surface area (Å²) in [5.74, 6) is 0.563. The number of piperidine rings is 2. The van der Waals surface area contributed by atoms with E-state index in [1.807, 2.05) is 17.0 Å². The lowest BCUT2D eigenvalue weighted by Gasteiger charge is -2.35. The number of sulfonamides is 1. The largest absolute Gasteiger partial charge is 0.312 e.